The van der Waals surface area contributed by atoms with E-state index in [1.807, 2.05) is 12.1 Å². The van der Waals surface area contributed by atoms with Crippen molar-refractivity contribution in [2.45, 2.75) is 49.5 Å². The average molecular weight is 289 g/mol. The zero-order valence-electron chi connectivity index (χ0n) is 11.6. The molecule has 1 atom stereocenters. The summed E-state index contributed by atoms with van der Waals surface area (Å²) in [6, 6.07) is 8.07. The first kappa shape index (κ1) is 13.6. The van der Waals surface area contributed by atoms with Crippen LogP contribution in [0.25, 0.3) is 0 Å². The topological polar surface area (TPSA) is 50.9 Å². The van der Waals surface area contributed by atoms with Gasteiger partial charge in [-0.1, -0.05) is 12.1 Å². The van der Waals surface area contributed by atoms with Gasteiger partial charge < -0.3 is 9.67 Å². The van der Waals surface area contributed by atoms with Crippen molar-refractivity contribution in [3.63, 3.8) is 0 Å². The quantitative estimate of drug-likeness (QED) is 0.879. The van der Waals surface area contributed by atoms with Gasteiger partial charge in [0.2, 0.25) is 0 Å². The number of aliphatic hydroxyl groups excluding tert-OH is 1. The van der Waals surface area contributed by atoms with Gasteiger partial charge in [0.05, 0.1) is 11.9 Å². The molecule has 1 aromatic heterocycles. The molecule has 0 spiro atoms. The van der Waals surface area contributed by atoms with Crippen molar-refractivity contribution in [2.24, 2.45) is 0 Å². The minimum Gasteiger partial charge on any atom is -0.389 e. The van der Waals surface area contributed by atoms with Crippen LogP contribution in [0.15, 0.2) is 29.2 Å². The van der Waals surface area contributed by atoms with Crippen LogP contribution < -0.4 is 0 Å². The molecule has 20 heavy (non-hydrogen) atoms. The zero-order chi connectivity index (χ0) is 13.9. The molecule has 4 nitrogen and oxygen atoms in total. The van der Waals surface area contributed by atoms with Crippen LogP contribution in [-0.2, 0) is 18.7 Å². The van der Waals surface area contributed by atoms with Crippen LogP contribution in [0.5, 0.6) is 0 Å². The Hall–Kier alpha value is -1.33. The van der Waals surface area contributed by atoms with Crippen LogP contribution in [-0.4, -0.2) is 19.9 Å². The highest BCUT2D eigenvalue weighted by atomic mass is 32.2. The Bertz CT molecular complexity index is 577. The SMILES string of the molecule is CC(O)c1ccc(SCc2nnc3n2CCCC3)cc1. The van der Waals surface area contributed by atoms with E-state index in [9.17, 15) is 5.11 Å². The van der Waals surface area contributed by atoms with Gasteiger partial charge in [-0.05, 0) is 37.5 Å². The molecule has 1 unspecified atom stereocenters. The molecule has 0 saturated heterocycles. The van der Waals surface area contributed by atoms with Crippen molar-refractivity contribution >= 4 is 11.8 Å². The second-order valence-electron chi connectivity index (χ2n) is 5.17. The van der Waals surface area contributed by atoms with Gasteiger partial charge in [0.15, 0.2) is 0 Å². The monoisotopic (exact) mass is 289 g/mol. The maximum atomic E-state index is 9.50. The minimum absolute atomic E-state index is 0.405. The highest BCUT2D eigenvalue weighted by Gasteiger charge is 2.15. The lowest BCUT2D eigenvalue weighted by molar-refractivity contribution is 0.199. The number of aryl methyl sites for hydroxylation is 1. The van der Waals surface area contributed by atoms with E-state index >= 15 is 0 Å². The maximum Gasteiger partial charge on any atom is 0.143 e. The molecule has 0 bridgehead atoms. The molecule has 0 fully saturated rings. The van der Waals surface area contributed by atoms with Gasteiger partial charge in [-0.3, -0.25) is 0 Å². The van der Waals surface area contributed by atoms with E-state index in [-0.39, 0.29) is 0 Å². The number of aliphatic hydroxyl groups is 1. The highest BCUT2D eigenvalue weighted by Crippen LogP contribution is 2.25. The molecule has 1 aliphatic rings. The number of aromatic nitrogens is 3. The average Bonchev–Trinajstić information content (AvgIpc) is 2.89. The first-order valence-electron chi connectivity index (χ1n) is 7.06. The first-order chi connectivity index (χ1) is 9.74. The number of fused-ring (bicyclic) bond motifs is 1. The number of benzene rings is 1. The fourth-order valence-electron chi connectivity index (χ4n) is 2.47. The molecule has 1 N–H and O–H groups in total. The summed E-state index contributed by atoms with van der Waals surface area (Å²) in [5.74, 6) is 3.06. The van der Waals surface area contributed by atoms with Gasteiger partial charge in [-0.2, -0.15) is 0 Å². The summed E-state index contributed by atoms with van der Waals surface area (Å²) in [7, 11) is 0. The Labute approximate surface area is 123 Å². The smallest absolute Gasteiger partial charge is 0.143 e. The third-order valence-electron chi connectivity index (χ3n) is 3.67. The summed E-state index contributed by atoms with van der Waals surface area (Å²) < 4.78 is 2.26. The van der Waals surface area contributed by atoms with E-state index in [4.69, 9.17) is 0 Å². The number of rotatable bonds is 4. The summed E-state index contributed by atoms with van der Waals surface area (Å²) >= 11 is 1.77. The molecule has 0 amide bonds. The minimum atomic E-state index is -0.405. The lowest BCUT2D eigenvalue weighted by atomic mass is 10.1. The third kappa shape index (κ3) is 2.88. The van der Waals surface area contributed by atoms with Crippen molar-refractivity contribution < 1.29 is 5.11 Å². The van der Waals surface area contributed by atoms with Crippen molar-refractivity contribution in [3.8, 4) is 0 Å². The van der Waals surface area contributed by atoms with Crippen molar-refractivity contribution in [1.29, 1.82) is 0 Å². The van der Waals surface area contributed by atoms with E-state index in [1.165, 1.54) is 17.7 Å². The molecule has 3 rings (SSSR count). The van der Waals surface area contributed by atoms with Crippen molar-refractivity contribution in [3.05, 3.63) is 41.5 Å². The molecule has 1 aromatic carbocycles. The second kappa shape index (κ2) is 5.97. The molecule has 0 aliphatic carbocycles. The van der Waals surface area contributed by atoms with Crippen LogP contribution in [0.3, 0.4) is 0 Å². The van der Waals surface area contributed by atoms with Gasteiger partial charge in [0.25, 0.3) is 0 Å². The Morgan fingerprint density at radius 2 is 2.05 bits per heavy atom. The predicted molar refractivity (Wildman–Crippen MR) is 79.6 cm³/mol. The zero-order valence-corrected chi connectivity index (χ0v) is 12.4. The Kier molecular flexibility index (Phi) is 4.08. The molecule has 1 aliphatic heterocycles. The molecular formula is C15H19N3OS. The maximum absolute atomic E-state index is 9.50. The summed E-state index contributed by atoms with van der Waals surface area (Å²) in [5.41, 5.74) is 0.953. The van der Waals surface area contributed by atoms with Crippen LogP contribution in [0, 0.1) is 0 Å². The lowest BCUT2D eigenvalue weighted by Gasteiger charge is -2.14. The van der Waals surface area contributed by atoms with Crippen LogP contribution >= 0.6 is 11.8 Å². The van der Waals surface area contributed by atoms with Gasteiger partial charge >= 0.3 is 0 Å². The van der Waals surface area contributed by atoms with E-state index in [0.717, 1.165) is 35.9 Å². The van der Waals surface area contributed by atoms with Crippen LogP contribution in [0.1, 0.15) is 43.1 Å². The van der Waals surface area contributed by atoms with E-state index < -0.39 is 6.10 Å². The summed E-state index contributed by atoms with van der Waals surface area (Å²) in [6.07, 6.45) is 3.11. The number of thioether (sulfide) groups is 1. The lowest BCUT2D eigenvalue weighted by Crippen LogP contribution is -2.12. The molecule has 2 heterocycles. The fourth-order valence-corrected chi connectivity index (χ4v) is 3.30. The van der Waals surface area contributed by atoms with Crippen LogP contribution in [0.4, 0.5) is 0 Å². The molecule has 5 heteroatoms. The van der Waals surface area contributed by atoms with Crippen molar-refractivity contribution in [1.82, 2.24) is 14.8 Å². The first-order valence-corrected chi connectivity index (χ1v) is 8.04. The van der Waals surface area contributed by atoms with Gasteiger partial charge in [0, 0.05) is 17.9 Å². The van der Waals surface area contributed by atoms with E-state index in [2.05, 4.69) is 26.9 Å². The fraction of sp³-hybridized carbons (Fsp3) is 0.467. The Morgan fingerprint density at radius 1 is 1.25 bits per heavy atom. The third-order valence-corrected chi connectivity index (χ3v) is 4.67. The number of hydrogen-bond acceptors (Lipinski definition) is 4. The van der Waals surface area contributed by atoms with Crippen molar-refractivity contribution in [2.75, 3.05) is 0 Å². The van der Waals surface area contributed by atoms with E-state index in [0.29, 0.717) is 0 Å². The van der Waals surface area contributed by atoms with Crippen LogP contribution in [0.2, 0.25) is 0 Å². The molecule has 2 aromatic rings. The highest BCUT2D eigenvalue weighted by molar-refractivity contribution is 7.98. The Morgan fingerprint density at radius 3 is 2.80 bits per heavy atom. The number of hydrogen-bond donors (Lipinski definition) is 1. The summed E-state index contributed by atoms with van der Waals surface area (Å²) in [4.78, 5) is 1.20. The van der Waals surface area contributed by atoms with Gasteiger partial charge in [-0.25, -0.2) is 0 Å². The summed E-state index contributed by atoms with van der Waals surface area (Å²) in [6.45, 7) is 2.84. The van der Waals surface area contributed by atoms with Gasteiger partial charge in [-0.15, -0.1) is 22.0 Å². The van der Waals surface area contributed by atoms with Gasteiger partial charge in [0.1, 0.15) is 11.6 Å². The Balaban J connectivity index is 1.66. The standard InChI is InChI=1S/C15H19N3OS/c1-11(19)12-5-7-13(8-6-12)20-10-15-17-16-14-4-2-3-9-18(14)15/h5-8,11,19H,2-4,9-10H2,1H3. The predicted octanol–water partition coefficient (Wildman–Crippen LogP) is 2.96. The molecule has 0 radical (unpaired) electrons. The summed E-state index contributed by atoms with van der Waals surface area (Å²) in [5, 5.41) is 18.1. The molecule has 0 saturated carbocycles. The number of nitrogens with zero attached hydrogens (tertiary/aromatic N) is 3. The molecular weight excluding hydrogens is 270 g/mol. The van der Waals surface area contributed by atoms with E-state index in [1.54, 1.807) is 18.7 Å². The molecule has 106 valence electrons. The largest absolute Gasteiger partial charge is 0.389 e. The second-order valence-corrected chi connectivity index (χ2v) is 6.22. The normalized spacial score (nSPS) is 15.9.